The molecule has 1 fully saturated rings. The van der Waals surface area contributed by atoms with Gasteiger partial charge < -0.3 is 15.1 Å². The van der Waals surface area contributed by atoms with Crippen LogP contribution in [0.5, 0.6) is 0 Å². The lowest BCUT2D eigenvalue weighted by Gasteiger charge is -2.26. The van der Waals surface area contributed by atoms with Gasteiger partial charge in [-0.05, 0) is 68.4 Å². The van der Waals surface area contributed by atoms with Gasteiger partial charge in [-0.25, -0.2) is 0 Å². The van der Waals surface area contributed by atoms with Crippen molar-refractivity contribution in [3.63, 3.8) is 0 Å². The highest BCUT2D eigenvalue weighted by Gasteiger charge is 2.25. The number of halogens is 1. The third kappa shape index (κ3) is 6.15. The monoisotopic (exact) mass is 514 g/mol. The molecule has 0 bridgehead atoms. The molecule has 0 aliphatic carbocycles. The molecule has 7 heteroatoms. The van der Waals surface area contributed by atoms with E-state index in [-0.39, 0.29) is 30.0 Å². The van der Waals surface area contributed by atoms with Crippen LogP contribution in [0, 0.1) is 6.92 Å². The van der Waals surface area contributed by atoms with Gasteiger partial charge >= 0.3 is 0 Å². The molecule has 0 saturated carbocycles. The fourth-order valence-corrected chi connectivity index (χ4v) is 4.24. The highest BCUT2D eigenvalue weighted by Crippen LogP contribution is 2.25. The number of rotatable bonds is 7. The Hall–Kier alpha value is -1.19. The second-order valence-electron chi connectivity index (χ2n) is 6.90. The lowest BCUT2D eigenvalue weighted by molar-refractivity contribution is 0.215. The van der Waals surface area contributed by atoms with Crippen molar-refractivity contribution in [2.75, 3.05) is 32.9 Å². The van der Waals surface area contributed by atoms with Crippen LogP contribution in [0.25, 0.3) is 0 Å². The highest BCUT2D eigenvalue weighted by molar-refractivity contribution is 14.0. The molecule has 1 aromatic heterocycles. The van der Waals surface area contributed by atoms with Gasteiger partial charge in [0.25, 0.3) is 0 Å². The number of likely N-dealkylation sites (tertiary alicyclic amines) is 1. The summed E-state index contributed by atoms with van der Waals surface area (Å²) in [7, 11) is 1.82. The zero-order valence-electron chi connectivity index (χ0n) is 16.9. The van der Waals surface area contributed by atoms with E-state index in [1.165, 1.54) is 28.9 Å². The third-order valence-corrected chi connectivity index (χ3v) is 5.85. The van der Waals surface area contributed by atoms with Crippen LogP contribution in [-0.2, 0) is 6.54 Å². The number of nitrogens with zero attached hydrogens (tertiary/aromatic N) is 2. The average Bonchev–Trinajstić information content (AvgIpc) is 3.39. The van der Waals surface area contributed by atoms with E-state index >= 15 is 0 Å². The summed E-state index contributed by atoms with van der Waals surface area (Å²) in [6.45, 7) is 5.91. The second kappa shape index (κ2) is 11.7. The van der Waals surface area contributed by atoms with Crippen LogP contribution in [0.4, 0.5) is 0 Å². The highest BCUT2D eigenvalue weighted by atomic mass is 127. The molecule has 5 nitrogen and oxygen atoms in total. The third-order valence-electron chi connectivity index (χ3n) is 5.03. The lowest BCUT2D eigenvalue weighted by Crippen LogP contribution is -2.42. The van der Waals surface area contributed by atoms with Crippen molar-refractivity contribution in [3.05, 3.63) is 53.5 Å². The summed E-state index contributed by atoms with van der Waals surface area (Å²) in [5, 5.41) is 6.93. The molecule has 2 N–H and O–H groups in total. The molecule has 1 atom stereocenters. The molecule has 28 heavy (non-hydrogen) atoms. The van der Waals surface area contributed by atoms with Crippen LogP contribution in [0.2, 0.25) is 0 Å². The Labute approximate surface area is 189 Å². The standard InChI is InChI=1S/C21H30N4OS.HI/c1-16-8-9-17(20(13-16)27-3)14-23-21(22-2)24-15-18(19-7-6-12-26-19)25-10-4-5-11-25;/h6-9,12-13,18H,4-5,10-11,14-15H2,1-3H3,(H2,22,23,24);1H. The van der Waals surface area contributed by atoms with Gasteiger partial charge in [0, 0.05) is 25.0 Å². The first-order valence-corrected chi connectivity index (χ1v) is 10.8. The minimum Gasteiger partial charge on any atom is -0.468 e. The summed E-state index contributed by atoms with van der Waals surface area (Å²) in [6.07, 6.45) is 6.40. The number of guanidine groups is 1. The van der Waals surface area contributed by atoms with E-state index in [0.717, 1.165) is 37.9 Å². The molecule has 1 aliphatic heterocycles. The van der Waals surface area contributed by atoms with Crippen molar-refractivity contribution in [2.24, 2.45) is 4.99 Å². The van der Waals surface area contributed by atoms with Gasteiger partial charge in [0.1, 0.15) is 5.76 Å². The maximum Gasteiger partial charge on any atom is 0.191 e. The van der Waals surface area contributed by atoms with E-state index < -0.39 is 0 Å². The fraction of sp³-hybridized carbons (Fsp3) is 0.476. The Morgan fingerprint density at radius 1 is 1.25 bits per heavy atom. The first-order valence-electron chi connectivity index (χ1n) is 9.56. The van der Waals surface area contributed by atoms with E-state index in [2.05, 4.69) is 58.0 Å². The fourth-order valence-electron chi connectivity index (χ4n) is 3.53. The molecule has 1 unspecified atom stereocenters. The van der Waals surface area contributed by atoms with Gasteiger partial charge in [-0.15, -0.1) is 35.7 Å². The van der Waals surface area contributed by atoms with Crippen LogP contribution < -0.4 is 10.6 Å². The first-order chi connectivity index (χ1) is 13.2. The van der Waals surface area contributed by atoms with Crippen molar-refractivity contribution in [1.82, 2.24) is 15.5 Å². The summed E-state index contributed by atoms with van der Waals surface area (Å²) >= 11 is 1.78. The molecule has 1 aliphatic rings. The van der Waals surface area contributed by atoms with Gasteiger partial charge in [0.05, 0.1) is 12.3 Å². The number of hydrogen-bond acceptors (Lipinski definition) is 4. The average molecular weight is 514 g/mol. The van der Waals surface area contributed by atoms with Crippen LogP contribution in [-0.4, -0.2) is 43.8 Å². The van der Waals surface area contributed by atoms with Crippen molar-refractivity contribution in [2.45, 2.75) is 37.2 Å². The molecule has 0 spiro atoms. The number of benzene rings is 1. The lowest BCUT2D eigenvalue weighted by atomic mass is 10.1. The Bertz CT molecular complexity index is 745. The summed E-state index contributed by atoms with van der Waals surface area (Å²) in [5.41, 5.74) is 2.58. The number of nitrogens with one attached hydrogen (secondary N) is 2. The smallest absolute Gasteiger partial charge is 0.191 e. The number of aliphatic imine (C=N–C) groups is 1. The molecule has 1 aromatic carbocycles. The van der Waals surface area contributed by atoms with Crippen LogP contribution in [0.1, 0.15) is 35.8 Å². The summed E-state index contributed by atoms with van der Waals surface area (Å²) in [6, 6.07) is 10.9. The zero-order chi connectivity index (χ0) is 19.1. The largest absolute Gasteiger partial charge is 0.468 e. The second-order valence-corrected chi connectivity index (χ2v) is 7.74. The molecule has 154 valence electrons. The van der Waals surface area contributed by atoms with E-state index in [0.29, 0.717) is 0 Å². The number of furan rings is 1. The molecule has 2 aromatic rings. The summed E-state index contributed by atoms with van der Waals surface area (Å²) in [4.78, 5) is 8.19. The molecule has 3 rings (SSSR count). The maximum absolute atomic E-state index is 5.70. The Morgan fingerprint density at radius 2 is 2.04 bits per heavy atom. The summed E-state index contributed by atoms with van der Waals surface area (Å²) < 4.78 is 5.70. The normalized spacial score (nSPS) is 15.9. The van der Waals surface area contributed by atoms with E-state index in [4.69, 9.17) is 4.42 Å². The first kappa shape index (κ1) is 23.1. The Morgan fingerprint density at radius 3 is 2.68 bits per heavy atom. The molecular weight excluding hydrogens is 483 g/mol. The molecule has 2 heterocycles. The van der Waals surface area contributed by atoms with Crippen molar-refractivity contribution in [3.8, 4) is 0 Å². The SMILES string of the molecule is CN=C(NCc1ccc(C)cc1SC)NCC(c1ccco1)N1CCCC1.I. The minimum absolute atomic E-state index is 0. The Kier molecular flexibility index (Phi) is 9.67. The van der Waals surface area contributed by atoms with Crippen LogP contribution >= 0.6 is 35.7 Å². The number of thioether (sulfide) groups is 1. The Balaban J connectivity index is 0.00000280. The minimum atomic E-state index is 0. The van der Waals surface area contributed by atoms with Crippen LogP contribution in [0.3, 0.4) is 0 Å². The quantitative estimate of drug-likeness (QED) is 0.248. The van der Waals surface area contributed by atoms with Gasteiger partial charge in [0.15, 0.2) is 5.96 Å². The predicted molar refractivity (Wildman–Crippen MR) is 129 cm³/mol. The van der Waals surface area contributed by atoms with Gasteiger partial charge in [0.2, 0.25) is 0 Å². The van der Waals surface area contributed by atoms with Crippen molar-refractivity contribution in [1.29, 1.82) is 0 Å². The predicted octanol–water partition coefficient (Wildman–Crippen LogP) is 4.43. The van der Waals surface area contributed by atoms with Gasteiger partial charge in [-0.1, -0.05) is 12.1 Å². The summed E-state index contributed by atoms with van der Waals surface area (Å²) in [5.74, 6) is 1.83. The molecular formula is C21H31IN4OS. The van der Waals surface area contributed by atoms with E-state index in [1.807, 2.05) is 13.1 Å². The van der Waals surface area contributed by atoms with Crippen LogP contribution in [0.15, 0.2) is 50.9 Å². The molecule has 0 amide bonds. The van der Waals surface area contributed by atoms with Crippen molar-refractivity contribution >= 4 is 41.7 Å². The van der Waals surface area contributed by atoms with Gasteiger partial charge in [-0.2, -0.15) is 0 Å². The molecule has 1 saturated heterocycles. The molecule has 0 radical (unpaired) electrons. The van der Waals surface area contributed by atoms with E-state index in [9.17, 15) is 0 Å². The van der Waals surface area contributed by atoms with Crippen molar-refractivity contribution < 1.29 is 4.42 Å². The van der Waals surface area contributed by atoms with E-state index in [1.54, 1.807) is 18.0 Å². The number of hydrogen-bond donors (Lipinski definition) is 2. The maximum atomic E-state index is 5.70. The topological polar surface area (TPSA) is 52.8 Å². The zero-order valence-corrected chi connectivity index (χ0v) is 20.1. The van der Waals surface area contributed by atoms with Gasteiger partial charge in [-0.3, -0.25) is 9.89 Å². The number of aryl methyl sites for hydroxylation is 1.